The molecule has 0 unspecified atom stereocenters. The minimum absolute atomic E-state index is 0.0632. The maximum atomic E-state index is 11.8. The molecule has 5 heteroatoms. The van der Waals surface area contributed by atoms with Crippen molar-refractivity contribution >= 4 is 33.5 Å². The molecule has 2 aromatic heterocycles. The van der Waals surface area contributed by atoms with Crippen LogP contribution in [0.3, 0.4) is 0 Å². The fourth-order valence-electron chi connectivity index (χ4n) is 3.74. The summed E-state index contributed by atoms with van der Waals surface area (Å²) >= 11 is 0. The molecule has 0 radical (unpaired) electrons. The molecule has 0 saturated carbocycles. The van der Waals surface area contributed by atoms with Gasteiger partial charge in [-0.25, -0.2) is 4.98 Å². The van der Waals surface area contributed by atoms with Crippen LogP contribution in [0.5, 0.6) is 0 Å². The summed E-state index contributed by atoms with van der Waals surface area (Å²) in [5.74, 6) is 0.400. The molecule has 0 atom stereocenters. The van der Waals surface area contributed by atoms with Gasteiger partial charge >= 0.3 is 0 Å². The molecule has 2 heterocycles. The van der Waals surface area contributed by atoms with Crippen LogP contribution in [0.25, 0.3) is 21.8 Å². The Kier molecular flexibility index (Phi) is 4.89. The lowest BCUT2D eigenvalue weighted by Gasteiger charge is -2.10. The predicted octanol–water partition coefficient (Wildman–Crippen LogP) is 4.13. The van der Waals surface area contributed by atoms with Crippen LogP contribution in [0.15, 0.2) is 48.7 Å². The lowest BCUT2D eigenvalue weighted by molar-refractivity contribution is 0.0963. The van der Waals surface area contributed by atoms with Gasteiger partial charge in [0.1, 0.15) is 5.52 Å². The van der Waals surface area contributed by atoms with Crippen LogP contribution in [0.2, 0.25) is 0 Å². The van der Waals surface area contributed by atoms with E-state index in [0.29, 0.717) is 11.4 Å². The molecule has 5 nitrogen and oxygen atoms in total. The summed E-state index contributed by atoms with van der Waals surface area (Å²) in [5.41, 5.74) is 13.1. The van der Waals surface area contributed by atoms with Crippen molar-refractivity contribution in [3.63, 3.8) is 0 Å². The van der Waals surface area contributed by atoms with Crippen molar-refractivity contribution in [1.82, 2.24) is 15.3 Å². The number of fused-ring (bicyclic) bond motifs is 3. The van der Waals surface area contributed by atoms with Gasteiger partial charge in [0.25, 0.3) is 5.91 Å². The zero-order valence-electron chi connectivity index (χ0n) is 16.9. The number of aromatic nitrogens is 2. The molecule has 0 aliphatic heterocycles. The van der Waals surface area contributed by atoms with E-state index in [0.717, 1.165) is 51.3 Å². The van der Waals surface area contributed by atoms with Gasteiger partial charge in [-0.05, 0) is 73.2 Å². The third kappa shape index (κ3) is 3.63. The maximum Gasteiger partial charge on any atom is 0.251 e. The molecule has 0 bridgehead atoms. The Balaban J connectivity index is 1.65. The third-order valence-corrected chi connectivity index (χ3v) is 5.39. The smallest absolute Gasteiger partial charge is 0.251 e. The van der Waals surface area contributed by atoms with Crippen LogP contribution in [0.4, 0.5) is 5.82 Å². The number of carbonyl (C=O) groups excluding carboxylic acids is 1. The molecule has 3 N–H and O–H groups in total. The number of rotatable bonds is 4. The van der Waals surface area contributed by atoms with Crippen LogP contribution in [-0.4, -0.2) is 22.9 Å². The standard InChI is InChI=1S/C24H24N4O/c1-14-4-9-19-20-12-16(13-27-22(20)23(25)28-21(19)10-14)5-6-17-7-8-18(11-15(17)2)24(29)26-3/h4,7-13H,5-6H2,1-3H3,(H2,25,28)(H,26,29). The van der Waals surface area contributed by atoms with E-state index >= 15 is 0 Å². The van der Waals surface area contributed by atoms with E-state index in [1.807, 2.05) is 38.2 Å². The van der Waals surface area contributed by atoms with Gasteiger partial charge < -0.3 is 11.1 Å². The fraction of sp³-hybridized carbons (Fsp3) is 0.208. The van der Waals surface area contributed by atoms with Gasteiger partial charge in [0.05, 0.1) is 5.52 Å². The number of hydrogen-bond donors (Lipinski definition) is 2. The summed E-state index contributed by atoms with van der Waals surface area (Å²) < 4.78 is 0. The highest BCUT2D eigenvalue weighted by Gasteiger charge is 2.10. The zero-order chi connectivity index (χ0) is 20.5. The van der Waals surface area contributed by atoms with Crippen LogP contribution in [0, 0.1) is 13.8 Å². The molecule has 0 fully saturated rings. The van der Waals surface area contributed by atoms with E-state index in [-0.39, 0.29) is 5.91 Å². The first-order chi connectivity index (χ1) is 14.0. The number of aryl methyl sites for hydroxylation is 4. The number of nitrogens with one attached hydrogen (secondary N) is 1. The molecule has 0 aliphatic rings. The Bertz CT molecular complexity index is 1250. The van der Waals surface area contributed by atoms with Gasteiger partial charge in [-0.1, -0.05) is 18.2 Å². The number of benzene rings is 2. The summed E-state index contributed by atoms with van der Waals surface area (Å²) in [6.45, 7) is 4.09. The number of nitrogens with two attached hydrogens (primary N) is 1. The van der Waals surface area contributed by atoms with Crippen LogP contribution in [-0.2, 0) is 12.8 Å². The van der Waals surface area contributed by atoms with E-state index in [9.17, 15) is 4.79 Å². The number of carbonyl (C=O) groups is 1. The topological polar surface area (TPSA) is 80.9 Å². The number of nitrogen functional groups attached to an aromatic ring is 1. The number of nitrogens with zero attached hydrogens (tertiary/aromatic N) is 2. The highest BCUT2D eigenvalue weighted by Crippen LogP contribution is 2.28. The average molecular weight is 384 g/mol. The largest absolute Gasteiger partial charge is 0.382 e. The van der Waals surface area contributed by atoms with Gasteiger partial charge in [0.15, 0.2) is 5.82 Å². The molecule has 1 amide bonds. The summed E-state index contributed by atoms with van der Waals surface area (Å²) in [7, 11) is 1.64. The zero-order valence-corrected chi connectivity index (χ0v) is 16.9. The molecule has 0 saturated heterocycles. The monoisotopic (exact) mass is 384 g/mol. The Morgan fingerprint density at radius 1 is 1.03 bits per heavy atom. The summed E-state index contributed by atoms with van der Waals surface area (Å²) in [5, 5.41) is 4.77. The third-order valence-electron chi connectivity index (χ3n) is 5.39. The Hall–Kier alpha value is -3.47. The predicted molar refractivity (Wildman–Crippen MR) is 118 cm³/mol. The molecular weight excluding hydrogens is 360 g/mol. The van der Waals surface area contributed by atoms with Crippen molar-refractivity contribution in [1.29, 1.82) is 0 Å². The normalized spacial score (nSPS) is 11.1. The van der Waals surface area contributed by atoms with Crippen LogP contribution >= 0.6 is 0 Å². The Morgan fingerprint density at radius 2 is 1.86 bits per heavy atom. The van der Waals surface area contributed by atoms with Crippen LogP contribution < -0.4 is 11.1 Å². The minimum Gasteiger partial charge on any atom is -0.382 e. The number of amides is 1. The summed E-state index contributed by atoms with van der Waals surface area (Å²) in [6, 6.07) is 14.3. The average Bonchev–Trinajstić information content (AvgIpc) is 2.72. The molecular formula is C24H24N4O. The molecule has 29 heavy (non-hydrogen) atoms. The van der Waals surface area contributed by atoms with Crippen LogP contribution in [0.1, 0.15) is 32.6 Å². The highest BCUT2D eigenvalue weighted by atomic mass is 16.1. The highest BCUT2D eigenvalue weighted by molar-refractivity contribution is 6.08. The number of hydrogen-bond acceptors (Lipinski definition) is 4. The van der Waals surface area contributed by atoms with Gasteiger partial charge in [0.2, 0.25) is 0 Å². The van der Waals surface area contributed by atoms with Crippen molar-refractivity contribution in [2.24, 2.45) is 0 Å². The second-order valence-corrected chi connectivity index (χ2v) is 7.48. The molecule has 4 aromatic rings. The summed E-state index contributed by atoms with van der Waals surface area (Å²) in [4.78, 5) is 20.9. The van der Waals surface area contributed by atoms with Crippen molar-refractivity contribution < 1.29 is 4.79 Å². The first-order valence-electron chi connectivity index (χ1n) is 9.72. The lowest BCUT2D eigenvalue weighted by atomic mass is 9.98. The van der Waals surface area contributed by atoms with Crippen molar-refractivity contribution in [2.75, 3.05) is 12.8 Å². The van der Waals surface area contributed by atoms with E-state index in [1.54, 1.807) is 7.05 Å². The van der Waals surface area contributed by atoms with E-state index < -0.39 is 0 Å². The molecule has 0 aliphatic carbocycles. The molecule has 0 spiro atoms. The minimum atomic E-state index is -0.0632. The first kappa shape index (κ1) is 18.9. The molecule has 146 valence electrons. The Morgan fingerprint density at radius 3 is 2.62 bits per heavy atom. The maximum absolute atomic E-state index is 11.8. The van der Waals surface area contributed by atoms with Crippen molar-refractivity contribution in [2.45, 2.75) is 26.7 Å². The fourth-order valence-corrected chi connectivity index (χ4v) is 3.74. The van der Waals surface area contributed by atoms with Gasteiger partial charge in [-0.3, -0.25) is 9.78 Å². The second-order valence-electron chi connectivity index (χ2n) is 7.48. The van der Waals surface area contributed by atoms with E-state index in [1.165, 1.54) is 5.56 Å². The first-order valence-corrected chi connectivity index (χ1v) is 9.72. The Labute approximate surface area is 170 Å². The van der Waals surface area contributed by atoms with Gasteiger partial charge in [0, 0.05) is 29.6 Å². The quantitative estimate of drug-likeness (QED) is 0.519. The summed E-state index contributed by atoms with van der Waals surface area (Å²) in [6.07, 6.45) is 3.62. The van der Waals surface area contributed by atoms with Gasteiger partial charge in [-0.2, -0.15) is 0 Å². The van der Waals surface area contributed by atoms with E-state index in [2.05, 4.69) is 39.6 Å². The van der Waals surface area contributed by atoms with Crippen molar-refractivity contribution in [3.8, 4) is 0 Å². The molecule has 2 aromatic carbocycles. The second kappa shape index (κ2) is 7.51. The molecule has 4 rings (SSSR count). The van der Waals surface area contributed by atoms with Crippen molar-refractivity contribution in [3.05, 3.63) is 76.5 Å². The van der Waals surface area contributed by atoms with E-state index in [4.69, 9.17) is 5.73 Å². The SMILES string of the molecule is CNC(=O)c1ccc(CCc2cnc3c(N)nc4cc(C)ccc4c3c2)c(C)c1. The number of pyridine rings is 2. The number of anilines is 1. The van der Waals surface area contributed by atoms with Gasteiger partial charge in [-0.15, -0.1) is 0 Å². The lowest BCUT2D eigenvalue weighted by Crippen LogP contribution is -2.17.